The largest absolute Gasteiger partial charge is 0.467 e. The number of benzene rings is 2. The molecule has 0 radical (unpaired) electrons. The van der Waals surface area contributed by atoms with Crippen LogP contribution in [0.1, 0.15) is 52.9 Å². The molecule has 2 atom stereocenters. The van der Waals surface area contributed by atoms with Crippen LogP contribution in [0.5, 0.6) is 0 Å². The number of anilines is 1. The summed E-state index contributed by atoms with van der Waals surface area (Å²) in [6, 6.07) is 8.73. The number of amides is 1. The van der Waals surface area contributed by atoms with Crippen LogP contribution >= 0.6 is 34.2 Å². The summed E-state index contributed by atoms with van der Waals surface area (Å²) in [5.41, 5.74) is -0.0401. The Kier molecular flexibility index (Phi) is 12.1. The first-order valence-electron chi connectivity index (χ1n) is 12.0. The van der Waals surface area contributed by atoms with Gasteiger partial charge in [-0.05, 0) is 97.2 Å². The summed E-state index contributed by atoms with van der Waals surface area (Å²) in [6.45, 7) is 5.61. The van der Waals surface area contributed by atoms with E-state index in [1.165, 1.54) is 43.5 Å². The van der Waals surface area contributed by atoms with Crippen LogP contribution in [0.2, 0.25) is 5.02 Å². The van der Waals surface area contributed by atoms with Crippen molar-refractivity contribution in [2.24, 2.45) is 5.92 Å². The number of sulfonamides is 1. The van der Waals surface area contributed by atoms with Crippen molar-refractivity contribution in [2.45, 2.75) is 69.9 Å². The quantitative estimate of drug-likeness (QED) is 0.163. The highest BCUT2D eigenvalue weighted by atomic mass is 127. The normalized spacial score (nSPS) is 13.2. The van der Waals surface area contributed by atoms with E-state index in [0.29, 0.717) is 34.3 Å². The molecule has 0 aromatic heterocycles. The second kappa shape index (κ2) is 14.3. The highest BCUT2D eigenvalue weighted by Crippen LogP contribution is 2.32. The molecule has 0 spiro atoms. The molecule has 0 heterocycles. The van der Waals surface area contributed by atoms with E-state index in [0.717, 1.165) is 4.31 Å². The summed E-state index contributed by atoms with van der Waals surface area (Å²) in [7, 11) is -2.82. The average Bonchev–Trinajstić information content (AvgIpc) is 2.83. The van der Waals surface area contributed by atoms with Gasteiger partial charge < -0.3 is 10.1 Å². The van der Waals surface area contributed by atoms with Crippen molar-refractivity contribution in [3.63, 3.8) is 0 Å². The summed E-state index contributed by atoms with van der Waals surface area (Å²) >= 11 is 7.94. The molecular weight excluding hydrogens is 634 g/mol. The van der Waals surface area contributed by atoms with Gasteiger partial charge in [-0.15, -0.1) is 0 Å². The van der Waals surface area contributed by atoms with Crippen molar-refractivity contribution < 1.29 is 27.1 Å². The first-order chi connectivity index (χ1) is 17.4. The van der Waals surface area contributed by atoms with Gasteiger partial charge >= 0.3 is 5.97 Å². The van der Waals surface area contributed by atoms with E-state index in [1.807, 2.05) is 36.4 Å². The zero-order valence-electron chi connectivity index (χ0n) is 21.3. The molecule has 0 bridgehead atoms. The number of rotatable bonds is 13. The predicted octanol–water partition coefficient (Wildman–Crippen LogP) is 5.93. The van der Waals surface area contributed by atoms with Gasteiger partial charge in [0.2, 0.25) is 5.91 Å². The van der Waals surface area contributed by atoms with Crippen LogP contribution < -0.4 is 9.62 Å². The summed E-state index contributed by atoms with van der Waals surface area (Å²) < 4.78 is 48.6. The lowest BCUT2D eigenvalue weighted by Gasteiger charge is -2.31. The van der Waals surface area contributed by atoms with Crippen molar-refractivity contribution >= 4 is 61.8 Å². The zero-order chi connectivity index (χ0) is 27.8. The van der Waals surface area contributed by atoms with E-state index < -0.39 is 33.9 Å². The third kappa shape index (κ3) is 9.10. The molecule has 0 fully saturated rings. The Morgan fingerprint density at radius 2 is 1.76 bits per heavy atom. The molecule has 11 heteroatoms. The summed E-state index contributed by atoms with van der Waals surface area (Å²) in [5, 5.41) is 3.11. The van der Waals surface area contributed by atoms with E-state index in [1.54, 1.807) is 13.0 Å². The Morgan fingerprint density at radius 3 is 2.35 bits per heavy atom. The molecule has 0 aliphatic heterocycles. The Balaban J connectivity index is 2.14. The van der Waals surface area contributed by atoms with E-state index in [9.17, 15) is 22.4 Å². The van der Waals surface area contributed by atoms with Crippen molar-refractivity contribution in [1.82, 2.24) is 5.32 Å². The third-order valence-electron chi connectivity index (χ3n) is 5.72. The fourth-order valence-corrected chi connectivity index (χ4v) is 6.20. The predicted molar refractivity (Wildman–Crippen MR) is 152 cm³/mol. The average molecular weight is 667 g/mol. The van der Waals surface area contributed by atoms with E-state index in [-0.39, 0.29) is 28.8 Å². The highest BCUT2D eigenvalue weighted by Gasteiger charge is 2.31. The number of unbranched alkanes of at least 4 members (excludes halogenated alkanes) is 1. The van der Waals surface area contributed by atoms with Crippen LogP contribution in [0.25, 0.3) is 0 Å². The minimum atomic E-state index is -4.10. The lowest BCUT2D eigenvalue weighted by molar-refractivity contribution is -0.145. The number of carbonyl (C=O) groups is 2. The maximum atomic E-state index is 14.9. The lowest BCUT2D eigenvalue weighted by Crippen LogP contribution is -2.42. The lowest BCUT2D eigenvalue weighted by atomic mass is 10.0. The Bertz CT molecular complexity index is 1180. The van der Waals surface area contributed by atoms with Crippen molar-refractivity contribution in [3.8, 4) is 0 Å². The van der Waals surface area contributed by atoms with Gasteiger partial charge in [0.15, 0.2) is 0 Å². The van der Waals surface area contributed by atoms with Gasteiger partial charge in [0.1, 0.15) is 11.9 Å². The molecule has 2 aromatic rings. The second-order valence-corrected chi connectivity index (χ2v) is 12.7. The maximum absolute atomic E-state index is 14.9. The second-order valence-electron chi connectivity index (χ2n) is 9.22. The molecule has 2 rings (SSSR count). The van der Waals surface area contributed by atoms with Gasteiger partial charge in [-0.2, -0.15) is 0 Å². The molecule has 1 N–H and O–H groups in total. The number of nitrogens with zero attached hydrogens (tertiary/aromatic N) is 1. The fraction of sp³-hybridized carbons (Fsp3) is 0.462. The zero-order valence-corrected chi connectivity index (χ0v) is 25.1. The van der Waals surface area contributed by atoms with Crippen LogP contribution in [0, 0.1) is 15.3 Å². The number of halogens is 3. The monoisotopic (exact) mass is 666 g/mol. The molecule has 0 saturated carbocycles. The molecular formula is C26H33ClFIN2O5S. The van der Waals surface area contributed by atoms with Crippen LogP contribution in [-0.4, -0.2) is 39.5 Å². The first-order valence-corrected chi connectivity index (χ1v) is 14.9. The molecule has 37 heavy (non-hydrogen) atoms. The van der Waals surface area contributed by atoms with Gasteiger partial charge in [-0.1, -0.05) is 31.9 Å². The molecule has 1 amide bonds. The van der Waals surface area contributed by atoms with Crippen molar-refractivity contribution in [1.29, 1.82) is 0 Å². The number of nitrogens with one attached hydrogen (secondary N) is 1. The van der Waals surface area contributed by atoms with Crippen LogP contribution in [0.3, 0.4) is 0 Å². The topological polar surface area (TPSA) is 92.8 Å². The fourth-order valence-electron chi connectivity index (χ4n) is 3.92. The number of hydrogen-bond donors (Lipinski definition) is 1. The highest BCUT2D eigenvalue weighted by molar-refractivity contribution is 14.1. The Labute approximate surface area is 237 Å². The number of carbonyl (C=O) groups excluding carboxylic acids is 2. The van der Waals surface area contributed by atoms with Crippen molar-refractivity contribution in [3.05, 3.63) is 56.9 Å². The number of hydrogen-bond acceptors (Lipinski definition) is 5. The SMILES string of the molecule is COC(=O)[C@H](CC(C)C)NC(=O)CCCC[C@@H](C)N(c1cc(I)ccc1F)S(=O)(=O)c1ccc(Cl)cc1. The van der Waals surface area contributed by atoms with Crippen LogP contribution in [0.15, 0.2) is 47.4 Å². The number of ether oxygens (including phenoxy) is 1. The van der Waals surface area contributed by atoms with Crippen LogP contribution in [-0.2, 0) is 24.3 Å². The first kappa shape index (κ1) is 31.3. The summed E-state index contributed by atoms with van der Waals surface area (Å²) in [6.07, 6.45) is 2.00. The standard InChI is InChI=1S/C26H33ClFIN2O5S/c1-17(2)15-23(26(33)36-4)30-25(32)8-6-5-7-18(3)31(24-16-20(29)11-14-22(24)28)37(34,35)21-12-9-19(27)10-13-21/h9-14,16-18,23H,5-8,15H2,1-4H3,(H,30,32)/t18-,23+/m1/s1. The van der Waals surface area contributed by atoms with Gasteiger partial charge in [-0.3, -0.25) is 9.10 Å². The summed E-state index contributed by atoms with van der Waals surface area (Å²) in [5.74, 6) is -1.22. The molecule has 0 aliphatic carbocycles. The molecule has 2 aromatic carbocycles. The Hall–Kier alpha value is -1.92. The summed E-state index contributed by atoms with van der Waals surface area (Å²) in [4.78, 5) is 24.4. The molecule has 0 unspecified atom stereocenters. The third-order valence-corrected chi connectivity index (χ3v) is 8.59. The minimum Gasteiger partial charge on any atom is -0.467 e. The number of esters is 1. The smallest absolute Gasteiger partial charge is 0.328 e. The Morgan fingerprint density at radius 1 is 1.11 bits per heavy atom. The van der Waals surface area contributed by atoms with Crippen LogP contribution in [0.4, 0.5) is 10.1 Å². The molecule has 7 nitrogen and oxygen atoms in total. The van der Waals surface area contributed by atoms with Gasteiger partial charge in [0.25, 0.3) is 10.0 Å². The van der Waals surface area contributed by atoms with Gasteiger partial charge in [0.05, 0.1) is 17.7 Å². The van der Waals surface area contributed by atoms with Gasteiger partial charge in [-0.25, -0.2) is 17.6 Å². The maximum Gasteiger partial charge on any atom is 0.328 e. The van der Waals surface area contributed by atoms with Gasteiger partial charge in [0, 0.05) is 21.1 Å². The van der Waals surface area contributed by atoms with E-state index >= 15 is 0 Å². The van der Waals surface area contributed by atoms with E-state index in [4.69, 9.17) is 16.3 Å². The molecule has 204 valence electrons. The van der Waals surface area contributed by atoms with Crippen molar-refractivity contribution in [2.75, 3.05) is 11.4 Å². The molecule has 0 saturated heterocycles. The molecule has 0 aliphatic rings. The number of methoxy groups -OCH3 is 1. The minimum absolute atomic E-state index is 0.000364. The van der Waals surface area contributed by atoms with E-state index in [2.05, 4.69) is 5.32 Å².